The number of hydrogen-bond donors (Lipinski definition) is 0. The van der Waals surface area contributed by atoms with Crippen molar-refractivity contribution in [3.8, 4) is 0 Å². The Balaban J connectivity index is 2.32. The van der Waals surface area contributed by atoms with Gasteiger partial charge in [0.2, 0.25) is 0 Å². The van der Waals surface area contributed by atoms with Gasteiger partial charge in [-0.2, -0.15) is 0 Å². The summed E-state index contributed by atoms with van der Waals surface area (Å²) >= 11 is 0. The van der Waals surface area contributed by atoms with Crippen molar-refractivity contribution in [3.63, 3.8) is 0 Å². The van der Waals surface area contributed by atoms with Gasteiger partial charge in [-0.3, -0.25) is 9.80 Å². The van der Waals surface area contributed by atoms with Crippen molar-refractivity contribution in [1.82, 2.24) is 9.80 Å². The van der Waals surface area contributed by atoms with E-state index in [1.165, 1.54) is 19.6 Å². The lowest BCUT2D eigenvalue weighted by atomic mass is 10.0. The van der Waals surface area contributed by atoms with Gasteiger partial charge in [0, 0.05) is 31.2 Å². The molecule has 0 aromatic carbocycles. The van der Waals surface area contributed by atoms with Crippen LogP contribution in [0.15, 0.2) is 0 Å². The molecule has 1 aliphatic heterocycles. The summed E-state index contributed by atoms with van der Waals surface area (Å²) in [5.41, 5.74) is 0. The van der Waals surface area contributed by atoms with Crippen LogP contribution in [0.1, 0.15) is 34.6 Å². The Morgan fingerprint density at radius 1 is 1.23 bits per heavy atom. The monoisotopic (exact) mass is 184 g/mol. The zero-order valence-electron chi connectivity index (χ0n) is 9.75. The van der Waals surface area contributed by atoms with Crippen LogP contribution in [0.25, 0.3) is 0 Å². The third kappa shape index (κ3) is 2.44. The maximum Gasteiger partial charge on any atom is 0.0353 e. The SMILES string of the molecule is CCN(C(C)C)C1CN(C(C)C)C1. The van der Waals surface area contributed by atoms with Crippen LogP contribution < -0.4 is 0 Å². The van der Waals surface area contributed by atoms with Crippen molar-refractivity contribution in [3.05, 3.63) is 0 Å². The van der Waals surface area contributed by atoms with E-state index in [2.05, 4.69) is 44.4 Å². The van der Waals surface area contributed by atoms with Crippen LogP contribution in [-0.2, 0) is 0 Å². The van der Waals surface area contributed by atoms with Crippen molar-refractivity contribution >= 4 is 0 Å². The fourth-order valence-electron chi connectivity index (χ4n) is 2.16. The van der Waals surface area contributed by atoms with Crippen LogP contribution >= 0.6 is 0 Å². The van der Waals surface area contributed by atoms with Crippen LogP contribution in [0.3, 0.4) is 0 Å². The smallest absolute Gasteiger partial charge is 0.0353 e. The van der Waals surface area contributed by atoms with Crippen molar-refractivity contribution < 1.29 is 0 Å². The van der Waals surface area contributed by atoms with E-state index in [4.69, 9.17) is 0 Å². The summed E-state index contributed by atoms with van der Waals surface area (Å²) in [6, 6.07) is 2.24. The van der Waals surface area contributed by atoms with Gasteiger partial charge in [0.05, 0.1) is 0 Å². The second kappa shape index (κ2) is 4.43. The fraction of sp³-hybridized carbons (Fsp3) is 1.00. The van der Waals surface area contributed by atoms with Crippen LogP contribution in [0.2, 0.25) is 0 Å². The maximum absolute atomic E-state index is 2.60. The van der Waals surface area contributed by atoms with Gasteiger partial charge in [-0.05, 0) is 34.2 Å². The summed E-state index contributed by atoms with van der Waals surface area (Å²) in [7, 11) is 0. The molecule has 2 heteroatoms. The molecule has 0 spiro atoms. The van der Waals surface area contributed by atoms with Crippen LogP contribution in [0.4, 0.5) is 0 Å². The molecule has 1 rings (SSSR count). The fourth-order valence-corrected chi connectivity index (χ4v) is 2.16. The zero-order valence-corrected chi connectivity index (χ0v) is 9.75. The van der Waals surface area contributed by atoms with E-state index in [1.807, 2.05) is 0 Å². The van der Waals surface area contributed by atoms with Crippen molar-refractivity contribution in [1.29, 1.82) is 0 Å². The van der Waals surface area contributed by atoms with Gasteiger partial charge in [-0.25, -0.2) is 0 Å². The molecule has 78 valence electrons. The number of rotatable bonds is 4. The molecule has 0 N–H and O–H groups in total. The highest BCUT2D eigenvalue weighted by Crippen LogP contribution is 2.19. The first-order chi connectivity index (χ1) is 6.06. The summed E-state index contributed by atoms with van der Waals surface area (Å²) in [6.07, 6.45) is 0. The first-order valence-corrected chi connectivity index (χ1v) is 5.56. The summed E-state index contributed by atoms with van der Waals surface area (Å²) in [4.78, 5) is 5.13. The summed E-state index contributed by atoms with van der Waals surface area (Å²) in [6.45, 7) is 15.1. The minimum absolute atomic E-state index is 0.698. The van der Waals surface area contributed by atoms with Crippen LogP contribution in [0, 0.1) is 0 Å². The normalized spacial score (nSPS) is 20.3. The van der Waals surface area contributed by atoms with Gasteiger partial charge in [-0.15, -0.1) is 0 Å². The third-order valence-corrected chi connectivity index (χ3v) is 3.12. The highest BCUT2D eigenvalue weighted by molar-refractivity contribution is 4.90. The van der Waals surface area contributed by atoms with Gasteiger partial charge in [0.1, 0.15) is 0 Å². The van der Waals surface area contributed by atoms with Crippen molar-refractivity contribution in [2.45, 2.75) is 52.7 Å². The van der Waals surface area contributed by atoms with E-state index >= 15 is 0 Å². The van der Waals surface area contributed by atoms with E-state index in [0.717, 1.165) is 12.1 Å². The van der Waals surface area contributed by atoms with Gasteiger partial charge >= 0.3 is 0 Å². The van der Waals surface area contributed by atoms with E-state index in [9.17, 15) is 0 Å². The molecule has 1 aliphatic rings. The van der Waals surface area contributed by atoms with Gasteiger partial charge in [0.25, 0.3) is 0 Å². The lowest BCUT2D eigenvalue weighted by molar-refractivity contribution is 0.00165. The highest BCUT2D eigenvalue weighted by atomic mass is 15.3. The Hall–Kier alpha value is -0.0800. The number of nitrogens with zero attached hydrogens (tertiary/aromatic N) is 2. The lowest BCUT2D eigenvalue weighted by Gasteiger charge is -2.48. The Labute approximate surface area is 82.9 Å². The highest BCUT2D eigenvalue weighted by Gasteiger charge is 2.33. The van der Waals surface area contributed by atoms with Gasteiger partial charge < -0.3 is 0 Å². The second-order valence-corrected chi connectivity index (χ2v) is 4.63. The Kier molecular flexibility index (Phi) is 3.74. The summed E-state index contributed by atoms with van der Waals surface area (Å²) in [5, 5.41) is 0. The van der Waals surface area contributed by atoms with Gasteiger partial charge in [-0.1, -0.05) is 6.92 Å². The predicted molar refractivity (Wildman–Crippen MR) is 58.0 cm³/mol. The molecule has 0 aromatic heterocycles. The number of likely N-dealkylation sites (N-methyl/N-ethyl adjacent to an activating group) is 1. The molecule has 0 atom stereocenters. The van der Waals surface area contributed by atoms with Crippen molar-refractivity contribution in [2.75, 3.05) is 19.6 Å². The zero-order chi connectivity index (χ0) is 10.0. The molecular weight excluding hydrogens is 160 g/mol. The Morgan fingerprint density at radius 2 is 1.77 bits per heavy atom. The molecule has 2 nitrogen and oxygen atoms in total. The van der Waals surface area contributed by atoms with Crippen molar-refractivity contribution in [2.24, 2.45) is 0 Å². The average Bonchev–Trinajstić information content (AvgIpc) is 1.93. The molecular formula is C11H24N2. The minimum Gasteiger partial charge on any atom is -0.298 e. The Morgan fingerprint density at radius 3 is 2.08 bits per heavy atom. The molecule has 1 fully saturated rings. The van der Waals surface area contributed by atoms with E-state index in [1.54, 1.807) is 0 Å². The molecule has 0 saturated carbocycles. The molecule has 0 amide bonds. The standard InChI is InChI=1S/C11H24N2/c1-6-13(10(4)5)11-7-12(8-11)9(2)3/h9-11H,6-8H2,1-5H3. The Bertz CT molecular complexity index is 148. The number of likely N-dealkylation sites (tertiary alicyclic amines) is 1. The maximum atomic E-state index is 2.60. The molecule has 0 unspecified atom stereocenters. The minimum atomic E-state index is 0.698. The van der Waals surface area contributed by atoms with E-state index < -0.39 is 0 Å². The van der Waals surface area contributed by atoms with E-state index in [0.29, 0.717) is 6.04 Å². The first-order valence-electron chi connectivity index (χ1n) is 5.56. The summed E-state index contributed by atoms with van der Waals surface area (Å²) < 4.78 is 0. The quantitative estimate of drug-likeness (QED) is 0.657. The molecule has 1 saturated heterocycles. The lowest BCUT2D eigenvalue weighted by Crippen LogP contribution is -2.62. The first kappa shape index (κ1) is 11.0. The molecule has 0 bridgehead atoms. The second-order valence-electron chi connectivity index (χ2n) is 4.63. The van der Waals surface area contributed by atoms with E-state index in [-0.39, 0.29) is 0 Å². The van der Waals surface area contributed by atoms with Crippen LogP contribution in [0.5, 0.6) is 0 Å². The largest absolute Gasteiger partial charge is 0.298 e. The topological polar surface area (TPSA) is 6.48 Å². The molecule has 0 aromatic rings. The molecule has 0 aliphatic carbocycles. The van der Waals surface area contributed by atoms with Crippen LogP contribution in [-0.4, -0.2) is 47.6 Å². The molecule has 1 heterocycles. The summed E-state index contributed by atoms with van der Waals surface area (Å²) in [5.74, 6) is 0. The van der Waals surface area contributed by atoms with Gasteiger partial charge in [0.15, 0.2) is 0 Å². The molecule has 13 heavy (non-hydrogen) atoms. The predicted octanol–water partition coefficient (Wildman–Crippen LogP) is 1.81. The number of hydrogen-bond acceptors (Lipinski definition) is 2. The third-order valence-electron chi connectivity index (χ3n) is 3.12. The average molecular weight is 184 g/mol. The molecule has 0 radical (unpaired) electrons.